The summed E-state index contributed by atoms with van der Waals surface area (Å²) in [5.74, 6) is 0.851. The highest BCUT2D eigenvalue weighted by Crippen LogP contribution is 2.06. The van der Waals surface area contributed by atoms with Gasteiger partial charge in [0.1, 0.15) is 0 Å². The van der Waals surface area contributed by atoms with Gasteiger partial charge in [-0.25, -0.2) is 4.68 Å². The van der Waals surface area contributed by atoms with E-state index in [1.165, 1.54) is 11.1 Å². The highest BCUT2D eigenvalue weighted by atomic mass is 15.5. The van der Waals surface area contributed by atoms with Crippen molar-refractivity contribution in [3.8, 4) is 0 Å². The van der Waals surface area contributed by atoms with E-state index < -0.39 is 0 Å². The summed E-state index contributed by atoms with van der Waals surface area (Å²) in [6, 6.07) is 8.35. The molecule has 1 heterocycles. The molecular weight excluding hydrogens is 202 g/mol. The number of rotatable bonds is 4. The molecule has 0 aliphatic carbocycles. The van der Waals surface area contributed by atoms with Gasteiger partial charge < -0.3 is 5.32 Å². The molecule has 0 amide bonds. The van der Waals surface area contributed by atoms with E-state index in [0.29, 0.717) is 13.1 Å². The van der Waals surface area contributed by atoms with Crippen molar-refractivity contribution in [1.29, 1.82) is 0 Å². The van der Waals surface area contributed by atoms with Crippen molar-refractivity contribution in [2.24, 2.45) is 0 Å². The number of hydrogen-bond donors (Lipinski definition) is 1. The molecule has 5 nitrogen and oxygen atoms in total. The zero-order chi connectivity index (χ0) is 11.4. The first-order valence-corrected chi connectivity index (χ1v) is 5.25. The van der Waals surface area contributed by atoms with Crippen LogP contribution in [-0.2, 0) is 13.1 Å². The zero-order valence-corrected chi connectivity index (χ0v) is 9.51. The minimum Gasteiger partial charge on any atom is -0.313 e. The molecule has 0 saturated heterocycles. The summed E-state index contributed by atoms with van der Waals surface area (Å²) < 4.78 is 1.81. The summed E-state index contributed by atoms with van der Waals surface area (Å²) in [6.07, 6.45) is 0. The lowest BCUT2D eigenvalue weighted by Crippen LogP contribution is -2.14. The van der Waals surface area contributed by atoms with Crippen LogP contribution in [0.3, 0.4) is 0 Å². The quantitative estimate of drug-likeness (QED) is 0.821. The minimum absolute atomic E-state index is 0.679. The van der Waals surface area contributed by atoms with Crippen molar-refractivity contribution in [2.75, 3.05) is 7.05 Å². The first-order chi connectivity index (χ1) is 7.79. The molecule has 0 radical (unpaired) electrons. The summed E-state index contributed by atoms with van der Waals surface area (Å²) in [5.41, 5.74) is 2.46. The van der Waals surface area contributed by atoms with Crippen molar-refractivity contribution >= 4 is 0 Å². The normalized spacial score (nSPS) is 10.6. The van der Waals surface area contributed by atoms with Gasteiger partial charge in [0.15, 0.2) is 5.82 Å². The summed E-state index contributed by atoms with van der Waals surface area (Å²) in [6.45, 7) is 3.47. The molecule has 0 unspecified atom stereocenters. The lowest BCUT2D eigenvalue weighted by Gasteiger charge is -2.04. The Morgan fingerprint density at radius 1 is 1.38 bits per heavy atom. The molecule has 1 aromatic heterocycles. The fraction of sp³-hybridized carbons (Fsp3) is 0.364. The minimum atomic E-state index is 0.679. The predicted octanol–water partition coefficient (Wildman–Crippen LogP) is 0.749. The molecule has 5 heteroatoms. The Kier molecular flexibility index (Phi) is 3.26. The van der Waals surface area contributed by atoms with Crippen LogP contribution in [-0.4, -0.2) is 27.3 Å². The molecule has 0 atom stereocenters. The van der Waals surface area contributed by atoms with Gasteiger partial charge >= 0.3 is 0 Å². The maximum Gasteiger partial charge on any atom is 0.165 e. The van der Waals surface area contributed by atoms with Gasteiger partial charge in [-0.3, -0.25) is 0 Å². The van der Waals surface area contributed by atoms with Crippen molar-refractivity contribution in [1.82, 2.24) is 25.5 Å². The average molecular weight is 217 g/mol. The van der Waals surface area contributed by atoms with E-state index in [-0.39, 0.29) is 0 Å². The Morgan fingerprint density at radius 3 is 3.00 bits per heavy atom. The van der Waals surface area contributed by atoms with Crippen LogP contribution in [0.4, 0.5) is 0 Å². The second-order valence-corrected chi connectivity index (χ2v) is 3.77. The molecule has 0 spiro atoms. The van der Waals surface area contributed by atoms with Crippen LogP contribution in [0.5, 0.6) is 0 Å². The van der Waals surface area contributed by atoms with Crippen LogP contribution in [0, 0.1) is 6.92 Å². The van der Waals surface area contributed by atoms with Crippen molar-refractivity contribution in [2.45, 2.75) is 20.0 Å². The van der Waals surface area contributed by atoms with E-state index in [0.717, 1.165) is 5.82 Å². The van der Waals surface area contributed by atoms with Gasteiger partial charge in [-0.15, -0.1) is 5.10 Å². The molecule has 1 N–H and O–H groups in total. The molecule has 0 bridgehead atoms. The van der Waals surface area contributed by atoms with E-state index in [4.69, 9.17) is 0 Å². The van der Waals surface area contributed by atoms with Gasteiger partial charge in [-0.1, -0.05) is 29.8 Å². The third-order valence-electron chi connectivity index (χ3n) is 2.36. The standard InChI is InChI=1S/C11H15N5/c1-9-4-3-5-10(6-9)8-16-11(7-12-2)13-14-15-16/h3-6,12H,7-8H2,1-2H3. The van der Waals surface area contributed by atoms with E-state index in [1.807, 2.05) is 17.8 Å². The number of tetrazole rings is 1. The topological polar surface area (TPSA) is 55.6 Å². The van der Waals surface area contributed by atoms with Crippen LogP contribution >= 0.6 is 0 Å². The number of benzene rings is 1. The Labute approximate surface area is 94.5 Å². The Balaban J connectivity index is 2.17. The number of aryl methyl sites for hydroxylation is 1. The molecule has 0 fully saturated rings. The van der Waals surface area contributed by atoms with Crippen molar-refractivity contribution in [3.05, 3.63) is 41.2 Å². The lowest BCUT2D eigenvalue weighted by atomic mass is 10.1. The fourth-order valence-corrected chi connectivity index (χ4v) is 1.61. The smallest absolute Gasteiger partial charge is 0.165 e. The van der Waals surface area contributed by atoms with E-state index >= 15 is 0 Å². The molecule has 2 aromatic rings. The second-order valence-electron chi connectivity index (χ2n) is 3.77. The number of nitrogens with one attached hydrogen (secondary N) is 1. The van der Waals surface area contributed by atoms with Crippen LogP contribution in [0.15, 0.2) is 24.3 Å². The van der Waals surface area contributed by atoms with Crippen LogP contribution in [0.1, 0.15) is 17.0 Å². The Morgan fingerprint density at radius 2 is 2.25 bits per heavy atom. The number of nitrogens with zero attached hydrogens (tertiary/aromatic N) is 4. The zero-order valence-electron chi connectivity index (χ0n) is 9.51. The van der Waals surface area contributed by atoms with E-state index in [9.17, 15) is 0 Å². The van der Waals surface area contributed by atoms with Crippen molar-refractivity contribution < 1.29 is 0 Å². The lowest BCUT2D eigenvalue weighted by molar-refractivity contribution is 0.601. The van der Waals surface area contributed by atoms with Crippen LogP contribution in [0.2, 0.25) is 0 Å². The Hall–Kier alpha value is -1.75. The third kappa shape index (κ3) is 2.43. The summed E-state index contributed by atoms with van der Waals surface area (Å²) in [4.78, 5) is 0. The molecule has 84 valence electrons. The molecule has 0 aliphatic rings. The largest absolute Gasteiger partial charge is 0.313 e. The summed E-state index contributed by atoms with van der Waals surface area (Å²) in [7, 11) is 1.88. The average Bonchev–Trinajstić information content (AvgIpc) is 2.66. The van der Waals surface area contributed by atoms with Gasteiger partial charge in [0.2, 0.25) is 0 Å². The summed E-state index contributed by atoms with van der Waals surface area (Å²) in [5, 5.41) is 14.7. The molecule has 0 aliphatic heterocycles. The molecule has 0 saturated carbocycles. The number of aromatic nitrogens is 4. The van der Waals surface area contributed by atoms with Gasteiger partial charge in [-0.05, 0) is 30.0 Å². The fourth-order valence-electron chi connectivity index (χ4n) is 1.61. The molecular formula is C11H15N5. The predicted molar refractivity (Wildman–Crippen MR) is 60.9 cm³/mol. The SMILES string of the molecule is CNCc1nnnn1Cc1cccc(C)c1. The van der Waals surface area contributed by atoms with Crippen LogP contribution < -0.4 is 5.32 Å². The highest BCUT2D eigenvalue weighted by molar-refractivity contribution is 5.22. The van der Waals surface area contributed by atoms with E-state index in [2.05, 4.69) is 46.0 Å². The molecule has 16 heavy (non-hydrogen) atoms. The second kappa shape index (κ2) is 4.85. The van der Waals surface area contributed by atoms with Crippen LogP contribution in [0.25, 0.3) is 0 Å². The van der Waals surface area contributed by atoms with Crippen molar-refractivity contribution in [3.63, 3.8) is 0 Å². The van der Waals surface area contributed by atoms with Gasteiger partial charge in [0.05, 0.1) is 13.1 Å². The maximum atomic E-state index is 3.98. The first-order valence-electron chi connectivity index (χ1n) is 5.25. The maximum absolute atomic E-state index is 3.98. The first kappa shape index (κ1) is 10.8. The summed E-state index contributed by atoms with van der Waals surface area (Å²) >= 11 is 0. The molecule has 1 aromatic carbocycles. The molecule has 2 rings (SSSR count). The van der Waals surface area contributed by atoms with Gasteiger partial charge in [-0.2, -0.15) is 0 Å². The third-order valence-corrected chi connectivity index (χ3v) is 2.36. The highest BCUT2D eigenvalue weighted by Gasteiger charge is 2.05. The monoisotopic (exact) mass is 217 g/mol. The van der Waals surface area contributed by atoms with E-state index in [1.54, 1.807) is 0 Å². The Bertz CT molecular complexity index is 463. The number of hydrogen-bond acceptors (Lipinski definition) is 4. The van der Waals surface area contributed by atoms with Gasteiger partial charge in [0.25, 0.3) is 0 Å². The van der Waals surface area contributed by atoms with Gasteiger partial charge in [0, 0.05) is 0 Å².